The molecule has 1 rings (SSSR count). The lowest BCUT2D eigenvalue weighted by atomic mass is 10.1. The van der Waals surface area contributed by atoms with Crippen molar-refractivity contribution in [3.05, 3.63) is 16.4 Å². The first-order chi connectivity index (χ1) is 6.70. The Morgan fingerprint density at radius 1 is 1.57 bits per heavy atom. The van der Waals surface area contributed by atoms with Crippen LogP contribution in [0, 0.1) is 0 Å². The van der Waals surface area contributed by atoms with Crippen LogP contribution in [0.25, 0.3) is 0 Å². The standard InChI is InChI=1S/C10H18BrN3/c1-3-5-6-9(12)10-8(11)7-13-14(10)4-2/h7,9H,3-6,12H2,1-2H3. The van der Waals surface area contributed by atoms with E-state index in [1.54, 1.807) is 0 Å². The van der Waals surface area contributed by atoms with Gasteiger partial charge in [-0.2, -0.15) is 5.10 Å². The molecule has 1 aromatic rings. The third kappa shape index (κ3) is 2.58. The third-order valence-electron chi connectivity index (χ3n) is 2.35. The van der Waals surface area contributed by atoms with Gasteiger partial charge >= 0.3 is 0 Å². The summed E-state index contributed by atoms with van der Waals surface area (Å²) in [4.78, 5) is 0. The summed E-state index contributed by atoms with van der Waals surface area (Å²) in [6, 6.07) is 0.103. The Kier molecular flexibility index (Phi) is 4.62. The molecule has 4 heteroatoms. The highest BCUT2D eigenvalue weighted by Gasteiger charge is 2.14. The van der Waals surface area contributed by atoms with E-state index >= 15 is 0 Å². The molecule has 0 aliphatic rings. The Labute approximate surface area is 93.8 Å². The molecule has 0 saturated carbocycles. The SMILES string of the molecule is CCCCC(N)c1c(Br)cnn1CC. The number of nitrogens with two attached hydrogens (primary N) is 1. The van der Waals surface area contributed by atoms with E-state index in [0.29, 0.717) is 0 Å². The van der Waals surface area contributed by atoms with Crippen molar-refractivity contribution >= 4 is 15.9 Å². The van der Waals surface area contributed by atoms with Crippen LogP contribution in [0.4, 0.5) is 0 Å². The summed E-state index contributed by atoms with van der Waals surface area (Å²) in [5, 5.41) is 4.25. The van der Waals surface area contributed by atoms with Crippen LogP contribution in [-0.2, 0) is 6.54 Å². The summed E-state index contributed by atoms with van der Waals surface area (Å²) in [6.07, 6.45) is 5.21. The van der Waals surface area contributed by atoms with E-state index in [9.17, 15) is 0 Å². The zero-order valence-electron chi connectivity index (χ0n) is 8.83. The first kappa shape index (κ1) is 11.7. The van der Waals surface area contributed by atoms with Crippen molar-refractivity contribution in [1.82, 2.24) is 9.78 Å². The predicted molar refractivity (Wildman–Crippen MR) is 62.1 cm³/mol. The van der Waals surface area contributed by atoms with Gasteiger partial charge in [0.05, 0.1) is 16.4 Å². The van der Waals surface area contributed by atoms with Gasteiger partial charge in [0.1, 0.15) is 0 Å². The quantitative estimate of drug-likeness (QED) is 0.884. The molecule has 1 atom stereocenters. The fourth-order valence-corrected chi connectivity index (χ4v) is 2.14. The second-order valence-electron chi connectivity index (χ2n) is 3.44. The minimum absolute atomic E-state index is 0.103. The minimum Gasteiger partial charge on any atom is -0.323 e. The van der Waals surface area contributed by atoms with E-state index in [4.69, 9.17) is 5.73 Å². The van der Waals surface area contributed by atoms with Crippen LogP contribution in [0.1, 0.15) is 44.8 Å². The molecule has 0 amide bonds. The molecule has 0 radical (unpaired) electrons. The van der Waals surface area contributed by atoms with E-state index in [2.05, 4.69) is 34.9 Å². The summed E-state index contributed by atoms with van der Waals surface area (Å²) < 4.78 is 2.99. The Morgan fingerprint density at radius 2 is 2.29 bits per heavy atom. The largest absolute Gasteiger partial charge is 0.323 e. The number of unbranched alkanes of at least 4 members (excludes halogenated alkanes) is 1. The fraction of sp³-hybridized carbons (Fsp3) is 0.700. The number of hydrogen-bond donors (Lipinski definition) is 1. The lowest BCUT2D eigenvalue weighted by molar-refractivity contribution is 0.528. The van der Waals surface area contributed by atoms with Crippen molar-refractivity contribution in [2.45, 2.75) is 45.7 Å². The molecule has 1 unspecified atom stereocenters. The number of halogens is 1. The van der Waals surface area contributed by atoms with Gasteiger partial charge in [0, 0.05) is 12.6 Å². The van der Waals surface area contributed by atoms with Gasteiger partial charge in [-0.1, -0.05) is 19.8 Å². The maximum absolute atomic E-state index is 6.11. The van der Waals surface area contributed by atoms with Crippen molar-refractivity contribution in [2.75, 3.05) is 0 Å². The minimum atomic E-state index is 0.103. The van der Waals surface area contributed by atoms with Crippen LogP contribution in [0.5, 0.6) is 0 Å². The zero-order valence-corrected chi connectivity index (χ0v) is 10.4. The van der Waals surface area contributed by atoms with Gasteiger partial charge in [-0.05, 0) is 29.3 Å². The molecule has 1 aromatic heterocycles. The van der Waals surface area contributed by atoms with Gasteiger partial charge in [0.15, 0.2) is 0 Å². The second-order valence-corrected chi connectivity index (χ2v) is 4.30. The van der Waals surface area contributed by atoms with Crippen LogP contribution in [0.15, 0.2) is 10.7 Å². The van der Waals surface area contributed by atoms with Gasteiger partial charge in [-0.15, -0.1) is 0 Å². The second kappa shape index (κ2) is 5.51. The number of rotatable bonds is 5. The highest BCUT2D eigenvalue weighted by atomic mass is 79.9. The number of aromatic nitrogens is 2. The maximum atomic E-state index is 6.11. The number of nitrogens with zero attached hydrogens (tertiary/aromatic N) is 2. The van der Waals surface area contributed by atoms with Gasteiger partial charge in [0.2, 0.25) is 0 Å². The van der Waals surface area contributed by atoms with Gasteiger partial charge < -0.3 is 5.73 Å². The molecule has 0 aliphatic heterocycles. The summed E-state index contributed by atoms with van der Waals surface area (Å²) >= 11 is 3.49. The molecule has 2 N–H and O–H groups in total. The average Bonchev–Trinajstić information content (AvgIpc) is 2.56. The fourth-order valence-electron chi connectivity index (χ4n) is 1.55. The molecule has 0 aliphatic carbocycles. The number of hydrogen-bond acceptors (Lipinski definition) is 2. The van der Waals surface area contributed by atoms with Crippen molar-refractivity contribution in [3.8, 4) is 0 Å². The third-order valence-corrected chi connectivity index (χ3v) is 2.96. The zero-order chi connectivity index (χ0) is 10.6. The monoisotopic (exact) mass is 259 g/mol. The Balaban J connectivity index is 2.76. The molecule has 0 spiro atoms. The first-order valence-corrected chi connectivity index (χ1v) is 5.96. The molecule has 0 aromatic carbocycles. The van der Waals surface area contributed by atoms with Crippen molar-refractivity contribution in [1.29, 1.82) is 0 Å². The Bertz CT molecular complexity index is 283. The van der Waals surface area contributed by atoms with E-state index in [1.807, 2.05) is 10.9 Å². The van der Waals surface area contributed by atoms with E-state index in [1.165, 1.54) is 12.8 Å². The summed E-state index contributed by atoms with van der Waals surface area (Å²) in [5.41, 5.74) is 7.24. The van der Waals surface area contributed by atoms with Gasteiger partial charge in [0.25, 0.3) is 0 Å². The molecule has 1 heterocycles. The normalized spacial score (nSPS) is 13.1. The van der Waals surface area contributed by atoms with Crippen LogP contribution in [0.3, 0.4) is 0 Å². The summed E-state index contributed by atoms with van der Waals surface area (Å²) in [6.45, 7) is 5.13. The van der Waals surface area contributed by atoms with Crippen molar-refractivity contribution in [2.24, 2.45) is 5.73 Å². The van der Waals surface area contributed by atoms with Crippen molar-refractivity contribution < 1.29 is 0 Å². The highest BCUT2D eigenvalue weighted by Crippen LogP contribution is 2.24. The Hall–Kier alpha value is -0.350. The maximum Gasteiger partial charge on any atom is 0.0693 e. The smallest absolute Gasteiger partial charge is 0.0693 e. The average molecular weight is 260 g/mol. The lowest BCUT2D eigenvalue weighted by Crippen LogP contribution is -2.16. The van der Waals surface area contributed by atoms with E-state index in [0.717, 1.165) is 23.1 Å². The van der Waals surface area contributed by atoms with Crippen LogP contribution < -0.4 is 5.73 Å². The molecule has 80 valence electrons. The van der Waals surface area contributed by atoms with E-state index in [-0.39, 0.29) is 6.04 Å². The molecule has 3 nitrogen and oxygen atoms in total. The van der Waals surface area contributed by atoms with Crippen LogP contribution in [-0.4, -0.2) is 9.78 Å². The molecule has 0 saturated heterocycles. The molecule has 0 fully saturated rings. The first-order valence-electron chi connectivity index (χ1n) is 5.17. The summed E-state index contributed by atoms with van der Waals surface area (Å²) in [5.74, 6) is 0. The highest BCUT2D eigenvalue weighted by molar-refractivity contribution is 9.10. The van der Waals surface area contributed by atoms with Crippen molar-refractivity contribution in [3.63, 3.8) is 0 Å². The topological polar surface area (TPSA) is 43.8 Å². The van der Waals surface area contributed by atoms with E-state index < -0.39 is 0 Å². The molecular weight excluding hydrogens is 242 g/mol. The molecular formula is C10H18BrN3. The number of aryl methyl sites for hydroxylation is 1. The van der Waals surface area contributed by atoms with Crippen LogP contribution in [0.2, 0.25) is 0 Å². The molecule has 0 bridgehead atoms. The lowest BCUT2D eigenvalue weighted by Gasteiger charge is -2.13. The van der Waals surface area contributed by atoms with Crippen LogP contribution >= 0.6 is 15.9 Å². The Morgan fingerprint density at radius 3 is 2.86 bits per heavy atom. The van der Waals surface area contributed by atoms with Gasteiger partial charge in [-0.3, -0.25) is 4.68 Å². The summed E-state index contributed by atoms with van der Waals surface area (Å²) in [7, 11) is 0. The molecule has 14 heavy (non-hydrogen) atoms. The predicted octanol–water partition coefficient (Wildman–Crippen LogP) is 2.86. The van der Waals surface area contributed by atoms with Gasteiger partial charge in [-0.25, -0.2) is 0 Å².